The summed E-state index contributed by atoms with van der Waals surface area (Å²) in [5, 5.41) is 10.8. The minimum absolute atomic E-state index is 0.0971. The average Bonchev–Trinajstić information content (AvgIpc) is 2.91. The molecule has 3 aromatic rings. The van der Waals surface area contributed by atoms with Crippen molar-refractivity contribution in [3.63, 3.8) is 0 Å². The van der Waals surface area contributed by atoms with Crippen LogP contribution in [0.2, 0.25) is 0 Å². The van der Waals surface area contributed by atoms with Crippen LogP contribution in [0.3, 0.4) is 0 Å². The van der Waals surface area contributed by atoms with E-state index in [4.69, 9.17) is 0 Å². The molecule has 0 bridgehead atoms. The molecule has 0 aliphatic heterocycles. The number of phenols is 1. The van der Waals surface area contributed by atoms with E-state index in [1.807, 2.05) is 31.2 Å². The van der Waals surface area contributed by atoms with E-state index in [2.05, 4.69) is 4.98 Å². The molecule has 0 unspecified atom stereocenters. The number of thiazole rings is 1. The van der Waals surface area contributed by atoms with Crippen molar-refractivity contribution in [2.75, 3.05) is 0 Å². The Morgan fingerprint density at radius 2 is 2.05 bits per heavy atom. The predicted octanol–water partition coefficient (Wildman–Crippen LogP) is 4.65. The van der Waals surface area contributed by atoms with Gasteiger partial charge in [-0.2, -0.15) is 0 Å². The topological polar surface area (TPSA) is 50.2 Å². The largest absolute Gasteiger partial charge is 0.507 e. The smallest absolute Gasteiger partial charge is 0.162 e. The number of carbonyl (C=O) groups is 1. The Balaban J connectivity index is 2.08. The lowest BCUT2D eigenvalue weighted by molar-refractivity contribution is 0.0982. The first-order valence-corrected chi connectivity index (χ1v) is 7.73. The van der Waals surface area contributed by atoms with Crippen LogP contribution in [0.4, 0.5) is 0 Å². The van der Waals surface area contributed by atoms with Gasteiger partial charge in [0.25, 0.3) is 0 Å². The number of rotatable bonds is 4. The molecule has 0 amide bonds. The van der Waals surface area contributed by atoms with Crippen LogP contribution >= 0.6 is 11.3 Å². The van der Waals surface area contributed by atoms with Gasteiger partial charge in [0.2, 0.25) is 0 Å². The van der Waals surface area contributed by atoms with E-state index in [-0.39, 0.29) is 11.5 Å². The van der Waals surface area contributed by atoms with E-state index in [1.165, 1.54) is 11.3 Å². The molecule has 106 valence electrons. The van der Waals surface area contributed by atoms with Crippen LogP contribution in [0.15, 0.2) is 42.5 Å². The van der Waals surface area contributed by atoms with Gasteiger partial charge >= 0.3 is 0 Å². The van der Waals surface area contributed by atoms with Crippen molar-refractivity contribution in [2.24, 2.45) is 0 Å². The minimum atomic E-state index is 0.0971. The minimum Gasteiger partial charge on any atom is -0.507 e. The predicted molar refractivity (Wildman–Crippen MR) is 86.0 cm³/mol. The quantitative estimate of drug-likeness (QED) is 0.713. The van der Waals surface area contributed by atoms with Gasteiger partial charge in [-0.1, -0.05) is 19.1 Å². The maximum absolute atomic E-state index is 12.0. The summed E-state index contributed by atoms with van der Waals surface area (Å²) in [7, 11) is 0. The lowest BCUT2D eigenvalue weighted by Crippen LogP contribution is -1.98. The van der Waals surface area contributed by atoms with Crippen LogP contribution in [0.5, 0.6) is 5.75 Å². The second-order valence-corrected chi connectivity index (χ2v) is 5.92. The molecule has 0 aliphatic rings. The Kier molecular flexibility index (Phi) is 3.71. The van der Waals surface area contributed by atoms with Crippen LogP contribution in [-0.2, 0) is 0 Å². The zero-order valence-electron chi connectivity index (χ0n) is 11.7. The summed E-state index contributed by atoms with van der Waals surface area (Å²) < 4.78 is 1.07. The van der Waals surface area contributed by atoms with E-state index in [0.717, 1.165) is 21.6 Å². The van der Waals surface area contributed by atoms with Gasteiger partial charge in [-0.15, -0.1) is 11.3 Å². The molecule has 0 aliphatic carbocycles. The van der Waals surface area contributed by atoms with Gasteiger partial charge in [0.15, 0.2) is 5.78 Å². The number of carbonyl (C=O) groups excluding carboxylic acids is 1. The molecular weight excluding hydrogens is 282 g/mol. The van der Waals surface area contributed by atoms with Crippen LogP contribution in [-0.4, -0.2) is 15.9 Å². The number of hydrogen-bond donors (Lipinski definition) is 1. The standard InChI is InChI=1S/C17H15NO2S/c1-2-5-14(19)11-8-9-15(20)12(10-11)17-18-13-6-3-4-7-16(13)21-17/h3-4,6-10,20H,2,5H2,1H3. The number of benzene rings is 2. The number of aromatic nitrogens is 1. The Morgan fingerprint density at radius 1 is 1.24 bits per heavy atom. The summed E-state index contributed by atoms with van der Waals surface area (Å²) in [6.07, 6.45) is 1.33. The lowest BCUT2D eigenvalue weighted by Gasteiger charge is -2.04. The zero-order valence-corrected chi connectivity index (χ0v) is 12.5. The molecule has 21 heavy (non-hydrogen) atoms. The molecule has 0 saturated carbocycles. The van der Waals surface area contributed by atoms with Gasteiger partial charge in [0, 0.05) is 12.0 Å². The second-order valence-electron chi connectivity index (χ2n) is 4.89. The van der Waals surface area contributed by atoms with E-state index in [1.54, 1.807) is 18.2 Å². The van der Waals surface area contributed by atoms with Crippen LogP contribution < -0.4 is 0 Å². The van der Waals surface area contributed by atoms with Crippen molar-refractivity contribution in [1.29, 1.82) is 0 Å². The zero-order chi connectivity index (χ0) is 14.8. The fourth-order valence-electron chi connectivity index (χ4n) is 2.24. The molecule has 4 heteroatoms. The van der Waals surface area contributed by atoms with Gasteiger partial charge < -0.3 is 5.11 Å². The number of nitrogens with zero attached hydrogens (tertiary/aromatic N) is 1. The Hall–Kier alpha value is -2.20. The van der Waals surface area contributed by atoms with Gasteiger partial charge in [0.05, 0.1) is 15.8 Å². The Morgan fingerprint density at radius 3 is 2.81 bits per heavy atom. The summed E-state index contributed by atoms with van der Waals surface area (Å²) in [6, 6.07) is 12.8. The van der Waals surface area contributed by atoms with Crippen molar-refractivity contribution in [3.8, 4) is 16.3 Å². The number of phenolic OH excluding ortho intramolecular Hbond substituents is 1. The van der Waals surface area contributed by atoms with Gasteiger partial charge in [-0.05, 0) is 36.8 Å². The first kappa shape index (κ1) is 13.8. The number of fused-ring (bicyclic) bond motifs is 1. The first-order valence-electron chi connectivity index (χ1n) is 6.91. The summed E-state index contributed by atoms with van der Waals surface area (Å²) in [4.78, 5) is 16.6. The number of Topliss-reactive ketones (excluding diaryl/α,β-unsaturated/α-hetero) is 1. The maximum Gasteiger partial charge on any atom is 0.162 e. The highest BCUT2D eigenvalue weighted by atomic mass is 32.1. The number of aromatic hydroxyl groups is 1. The highest BCUT2D eigenvalue weighted by Gasteiger charge is 2.13. The Bertz CT molecular complexity index is 774. The lowest BCUT2D eigenvalue weighted by atomic mass is 10.0. The molecule has 1 N–H and O–H groups in total. The molecule has 0 radical (unpaired) electrons. The van der Waals surface area contributed by atoms with Gasteiger partial charge in [-0.25, -0.2) is 4.98 Å². The van der Waals surface area contributed by atoms with Crippen molar-refractivity contribution < 1.29 is 9.90 Å². The van der Waals surface area contributed by atoms with Crippen LogP contribution in [0.1, 0.15) is 30.1 Å². The van der Waals surface area contributed by atoms with Crippen molar-refractivity contribution in [1.82, 2.24) is 4.98 Å². The highest BCUT2D eigenvalue weighted by molar-refractivity contribution is 7.21. The number of hydrogen-bond acceptors (Lipinski definition) is 4. The van der Waals surface area contributed by atoms with Crippen molar-refractivity contribution >= 4 is 27.3 Å². The molecule has 0 spiro atoms. The van der Waals surface area contributed by atoms with Crippen molar-refractivity contribution in [2.45, 2.75) is 19.8 Å². The molecule has 0 saturated heterocycles. The fraction of sp³-hybridized carbons (Fsp3) is 0.176. The van der Waals surface area contributed by atoms with Crippen LogP contribution in [0, 0.1) is 0 Å². The summed E-state index contributed by atoms with van der Waals surface area (Å²) in [5.41, 5.74) is 2.16. The third-order valence-corrected chi connectivity index (χ3v) is 4.39. The highest BCUT2D eigenvalue weighted by Crippen LogP contribution is 2.35. The maximum atomic E-state index is 12.0. The fourth-order valence-corrected chi connectivity index (χ4v) is 3.23. The molecule has 1 aromatic heterocycles. The van der Waals surface area contributed by atoms with E-state index in [9.17, 15) is 9.90 Å². The Labute approximate surface area is 126 Å². The summed E-state index contributed by atoms with van der Waals surface area (Å²) in [6.45, 7) is 1.98. The molecule has 2 aromatic carbocycles. The molecule has 0 atom stereocenters. The number of para-hydroxylation sites is 1. The van der Waals surface area contributed by atoms with Crippen molar-refractivity contribution in [3.05, 3.63) is 48.0 Å². The van der Waals surface area contributed by atoms with E-state index >= 15 is 0 Å². The molecular formula is C17H15NO2S. The van der Waals surface area contributed by atoms with E-state index < -0.39 is 0 Å². The third kappa shape index (κ3) is 2.67. The second kappa shape index (κ2) is 5.66. The van der Waals surface area contributed by atoms with E-state index in [0.29, 0.717) is 17.5 Å². The molecule has 1 heterocycles. The van der Waals surface area contributed by atoms with Crippen LogP contribution in [0.25, 0.3) is 20.8 Å². The van der Waals surface area contributed by atoms with Gasteiger partial charge in [0.1, 0.15) is 10.8 Å². The SMILES string of the molecule is CCCC(=O)c1ccc(O)c(-c2nc3ccccc3s2)c1. The van der Waals surface area contributed by atoms with Gasteiger partial charge in [-0.3, -0.25) is 4.79 Å². The molecule has 0 fully saturated rings. The molecule has 3 nitrogen and oxygen atoms in total. The first-order chi connectivity index (χ1) is 10.2. The summed E-state index contributed by atoms with van der Waals surface area (Å²) in [5.74, 6) is 0.252. The summed E-state index contributed by atoms with van der Waals surface area (Å²) >= 11 is 1.52. The number of ketones is 1. The third-order valence-electron chi connectivity index (χ3n) is 3.32. The average molecular weight is 297 g/mol. The normalized spacial score (nSPS) is 10.9. The molecule has 3 rings (SSSR count). The monoisotopic (exact) mass is 297 g/mol.